The summed E-state index contributed by atoms with van der Waals surface area (Å²) in [5, 5.41) is 0.908. The second kappa shape index (κ2) is 5.05. The summed E-state index contributed by atoms with van der Waals surface area (Å²) in [6, 6.07) is 15.4. The molecule has 0 spiro atoms. The lowest BCUT2D eigenvalue weighted by molar-refractivity contribution is 0.482. The Hall–Kier alpha value is -1.82. The summed E-state index contributed by atoms with van der Waals surface area (Å²) in [5.41, 5.74) is 7.64. The average molecular weight is 362 g/mol. The Labute approximate surface area is 124 Å². The van der Waals surface area contributed by atoms with Crippen LogP contribution in [0.15, 0.2) is 54.7 Å². The number of aromatic nitrogens is 1. The predicted octanol–water partition coefficient (Wildman–Crippen LogP) is 4.21. The molecule has 19 heavy (non-hydrogen) atoms. The van der Waals surface area contributed by atoms with Crippen LogP contribution in [-0.2, 0) is 0 Å². The molecule has 2 N–H and O–H groups in total. The van der Waals surface area contributed by atoms with Crippen LogP contribution in [0.3, 0.4) is 0 Å². The van der Waals surface area contributed by atoms with E-state index in [1.807, 2.05) is 48.5 Å². The van der Waals surface area contributed by atoms with Crippen molar-refractivity contribution in [3.8, 4) is 11.5 Å². The van der Waals surface area contributed by atoms with Gasteiger partial charge in [-0.05, 0) is 59.0 Å². The fourth-order valence-electron chi connectivity index (χ4n) is 1.89. The molecule has 2 aromatic carbocycles. The highest BCUT2D eigenvalue weighted by atomic mass is 127. The molecule has 94 valence electrons. The minimum atomic E-state index is 0.616. The zero-order valence-corrected chi connectivity index (χ0v) is 12.2. The molecule has 0 saturated heterocycles. The van der Waals surface area contributed by atoms with E-state index >= 15 is 0 Å². The van der Waals surface area contributed by atoms with Crippen LogP contribution in [0.5, 0.6) is 11.5 Å². The maximum atomic E-state index is 6.15. The lowest BCUT2D eigenvalue weighted by atomic mass is 10.1. The number of fused-ring (bicyclic) bond motifs is 1. The number of para-hydroxylation sites is 1. The number of ether oxygens (including phenoxy) is 1. The maximum absolute atomic E-state index is 6.15. The van der Waals surface area contributed by atoms with Gasteiger partial charge in [0.05, 0.1) is 14.8 Å². The predicted molar refractivity (Wildman–Crippen MR) is 85.4 cm³/mol. The fourth-order valence-corrected chi connectivity index (χ4v) is 2.39. The monoisotopic (exact) mass is 362 g/mol. The Balaban J connectivity index is 2.07. The van der Waals surface area contributed by atoms with E-state index < -0.39 is 0 Å². The molecular formula is C15H11IN2O. The molecule has 0 unspecified atom stereocenters. The molecule has 4 heteroatoms. The number of rotatable bonds is 2. The van der Waals surface area contributed by atoms with Gasteiger partial charge in [-0.3, -0.25) is 4.98 Å². The summed E-state index contributed by atoms with van der Waals surface area (Å²) in [7, 11) is 0. The van der Waals surface area contributed by atoms with Gasteiger partial charge >= 0.3 is 0 Å². The maximum Gasteiger partial charge on any atom is 0.151 e. The van der Waals surface area contributed by atoms with Crippen LogP contribution in [0.25, 0.3) is 10.9 Å². The minimum Gasteiger partial charge on any atom is -0.454 e. The number of nitrogens with zero attached hydrogens (tertiary/aromatic N) is 1. The van der Waals surface area contributed by atoms with Gasteiger partial charge in [0.15, 0.2) is 5.75 Å². The summed E-state index contributed by atoms with van der Waals surface area (Å²) in [4.78, 5) is 4.27. The first-order chi connectivity index (χ1) is 9.25. The van der Waals surface area contributed by atoms with Crippen LogP contribution in [0.4, 0.5) is 5.69 Å². The first kappa shape index (κ1) is 12.2. The molecule has 1 heterocycles. The SMILES string of the molecule is Nc1c(Oc2ccccc2I)ccc2ncccc12. The van der Waals surface area contributed by atoms with Gasteiger partial charge < -0.3 is 10.5 Å². The third-order valence-corrected chi connectivity index (χ3v) is 3.73. The van der Waals surface area contributed by atoms with Crippen LogP contribution in [-0.4, -0.2) is 4.98 Å². The van der Waals surface area contributed by atoms with Gasteiger partial charge in [-0.25, -0.2) is 0 Å². The summed E-state index contributed by atoms with van der Waals surface area (Å²) >= 11 is 2.24. The Kier molecular flexibility index (Phi) is 3.25. The van der Waals surface area contributed by atoms with Crippen molar-refractivity contribution in [2.75, 3.05) is 5.73 Å². The van der Waals surface area contributed by atoms with Gasteiger partial charge in [0, 0.05) is 11.6 Å². The van der Waals surface area contributed by atoms with Crippen molar-refractivity contribution in [1.29, 1.82) is 0 Å². The zero-order valence-electron chi connectivity index (χ0n) is 10.0. The molecule has 3 nitrogen and oxygen atoms in total. The molecule has 0 aliphatic rings. The molecule has 0 atom stereocenters. The number of nitrogen functional groups attached to an aromatic ring is 1. The highest BCUT2D eigenvalue weighted by Crippen LogP contribution is 2.34. The van der Waals surface area contributed by atoms with E-state index in [9.17, 15) is 0 Å². The second-order valence-electron chi connectivity index (χ2n) is 4.08. The van der Waals surface area contributed by atoms with E-state index in [0.717, 1.165) is 20.2 Å². The molecule has 0 amide bonds. The Morgan fingerprint density at radius 1 is 0.947 bits per heavy atom. The summed E-state index contributed by atoms with van der Waals surface area (Å²) in [5.74, 6) is 1.46. The first-order valence-corrected chi connectivity index (χ1v) is 6.89. The molecule has 0 saturated carbocycles. The lowest BCUT2D eigenvalue weighted by Crippen LogP contribution is -1.95. The van der Waals surface area contributed by atoms with E-state index in [1.165, 1.54) is 0 Å². The van der Waals surface area contributed by atoms with Crippen molar-refractivity contribution in [2.45, 2.75) is 0 Å². The molecule has 0 fully saturated rings. The molecular weight excluding hydrogens is 351 g/mol. The highest BCUT2D eigenvalue weighted by molar-refractivity contribution is 14.1. The number of halogens is 1. The van der Waals surface area contributed by atoms with Crippen molar-refractivity contribution in [3.05, 3.63) is 58.3 Å². The third kappa shape index (κ3) is 2.35. The van der Waals surface area contributed by atoms with Crippen molar-refractivity contribution in [1.82, 2.24) is 4.98 Å². The highest BCUT2D eigenvalue weighted by Gasteiger charge is 2.08. The number of anilines is 1. The fraction of sp³-hybridized carbons (Fsp3) is 0. The number of nitrogens with two attached hydrogens (primary N) is 1. The van der Waals surface area contributed by atoms with E-state index in [0.29, 0.717) is 11.4 Å². The Morgan fingerprint density at radius 2 is 1.79 bits per heavy atom. The standard InChI is InChI=1S/C15H11IN2O/c16-11-5-1-2-6-13(11)19-14-8-7-12-10(15(14)17)4-3-9-18-12/h1-9H,17H2. The minimum absolute atomic E-state index is 0.616. The third-order valence-electron chi connectivity index (χ3n) is 2.84. The molecule has 3 aromatic rings. The van der Waals surface area contributed by atoms with Gasteiger partial charge in [-0.2, -0.15) is 0 Å². The quantitative estimate of drug-likeness (QED) is 0.549. The van der Waals surface area contributed by atoms with E-state index in [2.05, 4.69) is 27.6 Å². The molecule has 3 rings (SSSR count). The van der Waals surface area contributed by atoms with Crippen molar-refractivity contribution in [2.24, 2.45) is 0 Å². The Bertz CT molecular complexity index is 743. The molecule has 0 bridgehead atoms. The smallest absolute Gasteiger partial charge is 0.151 e. The summed E-state index contributed by atoms with van der Waals surface area (Å²) in [6.07, 6.45) is 1.75. The van der Waals surface area contributed by atoms with Crippen LogP contribution in [0, 0.1) is 3.57 Å². The second-order valence-corrected chi connectivity index (χ2v) is 5.24. The first-order valence-electron chi connectivity index (χ1n) is 5.81. The normalized spacial score (nSPS) is 10.6. The largest absolute Gasteiger partial charge is 0.454 e. The van der Waals surface area contributed by atoms with Crippen molar-refractivity contribution < 1.29 is 4.74 Å². The average Bonchev–Trinajstić information content (AvgIpc) is 2.44. The van der Waals surface area contributed by atoms with Crippen molar-refractivity contribution in [3.63, 3.8) is 0 Å². The van der Waals surface area contributed by atoms with Crippen LogP contribution in [0.2, 0.25) is 0 Å². The van der Waals surface area contributed by atoms with E-state index in [1.54, 1.807) is 6.20 Å². The summed E-state index contributed by atoms with van der Waals surface area (Å²) in [6.45, 7) is 0. The van der Waals surface area contributed by atoms with E-state index in [4.69, 9.17) is 10.5 Å². The molecule has 1 aromatic heterocycles. The van der Waals surface area contributed by atoms with Crippen LogP contribution < -0.4 is 10.5 Å². The molecule has 0 aliphatic carbocycles. The van der Waals surface area contributed by atoms with Crippen LogP contribution in [0.1, 0.15) is 0 Å². The number of benzene rings is 2. The number of pyridine rings is 1. The van der Waals surface area contributed by atoms with Gasteiger partial charge in [0.1, 0.15) is 5.75 Å². The van der Waals surface area contributed by atoms with E-state index in [-0.39, 0.29) is 0 Å². The zero-order chi connectivity index (χ0) is 13.2. The van der Waals surface area contributed by atoms with Crippen LogP contribution >= 0.6 is 22.6 Å². The van der Waals surface area contributed by atoms with Gasteiger partial charge in [-0.1, -0.05) is 12.1 Å². The topological polar surface area (TPSA) is 48.1 Å². The molecule has 0 aliphatic heterocycles. The number of hydrogen-bond acceptors (Lipinski definition) is 3. The molecule has 0 radical (unpaired) electrons. The summed E-state index contributed by atoms with van der Waals surface area (Å²) < 4.78 is 6.93. The Morgan fingerprint density at radius 3 is 2.63 bits per heavy atom. The lowest BCUT2D eigenvalue weighted by Gasteiger charge is -2.11. The van der Waals surface area contributed by atoms with Gasteiger partial charge in [0.25, 0.3) is 0 Å². The van der Waals surface area contributed by atoms with Crippen molar-refractivity contribution >= 4 is 39.2 Å². The number of hydrogen-bond donors (Lipinski definition) is 1. The van der Waals surface area contributed by atoms with Gasteiger partial charge in [0.2, 0.25) is 0 Å². The van der Waals surface area contributed by atoms with Gasteiger partial charge in [-0.15, -0.1) is 0 Å².